The highest BCUT2D eigenvalue weighted by Gasteiger charge is 2.20. The Morgan fingerprint density at radius 2 is 1.95 bits per heavy atom. The molecule has 0 radical (unpaired) electrons. The normalized spacial score (nSPS) is 13.6. The first kappa shape index (κ1) is 15.0. The van der Waals surface area contributed by atoms with E-state index in [0.717, 1.165) is 24.9 Å². The molecule has 0 saturated heterocycles. The van der Waals surface area contributed by atoms with E-state index in [0.29, 0.717) is 11.5 Å². The van der Waals surface area contributed by atoms with Crippen molar-refractivity contribution in [3.05, 3.63) is 42.1 Å². The van der Waals surface area contributed by atoms with E-state index in [9.17, 15) is 0 Å². The highest BCUT2D eigenvalue weighted by Crippen LogP contribution is 2.30. The molecule has 0 aliphatic rings. The number of nitrogens with zero attached hydrogens (tertiary/aromatic N) is 1. The predicted octanol–water partition coefficient (Wildman–Crippen LogP) is 4.71. The topological polar surface area (TPSA) is 24.9 Å². The third-order valence-electron chi connectivity index (χ3n) is 3.47. The number of hydrogen-bond donors (Lipinski definition) is 1. The molecule has 2 rings (SSSR count). The van der Waals surface area contributed by atoms with Crippen molar-refractivity contribution >= 4 is 10.9 Å². The Bertz CT molecular complexity index is 555. The van der Waals surface area contributed by atoms with Crippen molar-refractivity contribution in [2.45, 2.75) is 46.6 Å². The van der Waals surface area contributed by atoms with Crippen molar-refractivity contribution in [3.63, 3.8) is 0 Å². The summed E-state index contributed by atoms with van der Waals surface area (Å²) in [7, 11) is 0. The Kier molecular flexibility index (Phi) is 4.77. The standard InChI is InChI=1S/C18H26N2/c1-5-10-19-17(12-18(2,3)4)15-11-14-8-6-7-9-16(14)20-13-15/h6-9,11,13,17,19H,5,10,12H2,1-4H3. The fourth-order valence-corrected chi connectivity index (χ4v) is 2.52. The monoisotopic (exact) mass is 270 g/mol. The van der Waals surface area contributed by atoms with Gasteiger partial charge in [-0.15, -0.1) is 0 Å². The van der Waals surface area contributed by atoms with Gasteiger partial charge in [-0.05, 0) is 42.5 Å². The van der Waals surface area contributed by atoms with Gasteiger partial charge in [-0.2, -0.15) is 0 Å². The Labute approximate surface area is 122 Å². The van der Waals surface area contributed by atoms with Crippen LogP contribution in [0.5, 0.6) is 0 Å². The van der Waals surface area contributed by atoms with Gasteiger partial charge in [0.05, 0.1) is 5.52 Å². The fourth-order valence-electron chi connectivity index (χ4n) is 2.52. The van der Waals surface area contributed by atoms with Crippen LogP contribution >= 0.6 is 0 Å². The second-order valence-electron chi connectivity index (χ2n) is 6.73. The maximum atomic E-state index is 4.60. The van der Waals surface area contributed by atoms with Crippen molar-refractivity contribution in [1.29, 1.82) is 0 Å². The summed E-state index contributed by atoms with van der Waals surface area (Å²) in [6.07, 6.45) is 4.30. The molecule has 20 heavy (non-hydrogen) atoms. The number of aromatic nitrogens is 1. The molecular weight excluding hydrogens is 244 g/mol. The molecule has 2 heteroatoms. The van der Waals surface area contributed by atoms with Crippen molar-refractivity contribution in [3.8, 4) is 0 Å². The van der Waals surface area contributed by atoms with Crippen LogP contribution in [-0.4, -0.2) is 11.5 Å². The number of benzene rings is 1. The molecule has 1 aromatic carbocycles. The lowest BCUT2D eigenvalue weighted by molar-refractivity contribution is 0.311. The van der Waals surface area contributed by atoms with Gasteiger partial charge in [0.1, 0.15) is 0 Å². The van der Waals surface area contributed by atoms with Crippen LogP contribution in [0, 0.1) is 5.41 Å². The number of rotatable bonds is 5. The minimum atomic E-state index is 0.303. The maximum Gasteiger partial charge on any atom is 0.0702 e. The van der Waals surface area contributed by atoms with Crippen LogP contribution in [0.2, 0.25) is 0 Å². The van der Waals surface area contributed by atoms with Gasteiger partial charge in [-0.25, -0.2) is 0 Å². The molecule has 0 aliphatic carbocycles. The van der Waals surface area contributed by atoms with Crippen LogP contribution in [0.1, 0.15) is 52.1 Å². The molecule has 2 aromatic rings. The van der Waals surface area contributed by atoms with Gasteiger partial charge < -0.3 is 5.32 Å². The average molecular weight is 270 g/mol. The summed E-state index contributed by atoms with van der Waals surface area (Å²) in [5.41, 5.74) is 2.67. The molecule has 1 aromatic heterocycles. The van der Waals surface area contributed by atoms with Gasteiger partial charge in [0.15, 0.2) is 0 Å². The number of hydrogen-bond acceptors (Lipinski definition) is 2. The van der Waals surface area contributed by atoms with E-state index in [-0.39, 0.29) is 0 Å². The average Bonchev–Trinajstić information content (AvgIpc) is 2.41. The molecule has 0 bridgehead atoms. The Morgan fingerprint density at radius 1 is 1.20 bits per heavy atom. The zero-order valence-electron chi connectivity index (χ0n) is 13.1. The lowest BCUT2D eigenvalue weighted by Gasteiger charge is -2.27. The van der Waals surface area contributed by atoms with Crippen molar-refractivity contribution in [1.82, 2.24) is 10.3 Å². The lowest BCUT2D eigenvalue weighted by Crippen LogP contribution is -2.26. The molecule has 1 N–H and O–H groups in total. The summed E-state index contributed by atoms with van der Waals surface area (Å²) in [6, 6.07) is 11.0. The molecule has 1 heterocycles. The Morgan fingerprint density at radius 3 is 2.65 bits per heavy atom. The van der Waals surface area contributed by atoms with Crippen LogP contribution in [0.4, 0.5) is 0 Å². The van der Waals surface area contributed by atoms with Crippen LogP contribution in [0.15, 0.2) is 36.5 Å². The number of para-hydroxylation sites is 1. The second kappa shape index (κ2) is 6.36. The summed E-state index contributed by atoms with van der Waals surface area (Å²) in [6.45, 7) is 10.1. The highest BCUT2D eigenvalue weighted by atomic mass is 14.9. The highest BCUT2D eigenvalue weighted by molar-refractivity contribution is 5.78. The van der Waals surface area contributed by atoms with E-state index in [1.54, 1.807) is 0 Å². The molecule has 108 valence electrons. The largest absolute Gasteiger partial charge is 0.310 e. The zero-order valence-corrected chi connectivity index (χ0v) is 13.1. The Hall–Kier alpha value is -1.41. The minimum absolute atomic E-state index is 0.303. The first-order valence-electron chi connectivity index (χ1n) is 7.57. The molecule has 0 spiro atoms. The van der Waals surface area contributed by atoms with Crippen LogP contribution in [0.3, 0.4) is 0 Å². The Balaban J connectivity index is 2.29. The summed E-state index contributed by atoms with van der Waals surface area (Å²) in [4.78, 5) is 4.60. The molecule has 1 unspecified atom stereocenters. The predicted molar refractivity (Wildman–Crippen MR) is 86.8 cm³/mol. The van der Waals surface area contributed by atoms with E-state index in [1.165, 1.54) is 10.9 Å². The minimum Gasteiger partial charge on any atom is -0.310 e. The van der Waals surface area contributed by atoms with Gasteiger partial charge >= 0.3 is 0 Å². The number of pyridine rings is 1. The van der Waals surface area contributed by atoms with Gasteiger partial charge in [0, 0.05) is 17.6 Å². The van der Waals surface area contributed by atoms with E-state index in [1.807, 2.05) is 12.3 Å². The molecule has 0 saturated carbocycles. The second-order valence-corrected chi connectivity index (χ2v) is 6.73. The van der Waals surface area contributed by atoms with E-state index < -0.39 is 0 Å². The van der Waals surface area contributed by atoms with E-state index in [4.69, 9.17) is 0 Å². The molecule has 0 aliphatic heterocycles. The smallest absolute Gasteiger partial charge is 0.0702 e. The third-order valence-corrected chi connectivity index (χ3v) is 3.47. The summed E-state index contributed by atoms with van der Waals surface area (Å²) in [5, 5.41) is 4.89. The summed E-state index contributed by atoms with van der Waals surface area (Å²) in [5.74, 6) is 0. The summed E-state index contributed by atoms with van der Waals surface area (Å²) >= 11 is 0. The van der Waals surface area contributed by atoms with Gasteiger partial charge in [-0.1, -0.05) is 45.9 Å². The fraction of sp³-hybridized carbons (Fsp3) is 0.500. The quantitative estimate of drug-likeness (QED) is 0.851. The van der Waals surface area contributed by atoms with Crippen molar-refractivity contribution in [2.24, 2.45) is 5.41 Å². The van der Waals surface area contributed by atoms with E-state index >= 15 is 0 Å². The molecule has 2 nitrogen and oxygen atoms in total. The van der Waals surface area contributed by atoms with Crippen LogP contribution in [0.25, 0.3) is 10.9 Å². The van der Waals surface area contributed by atoms with Crippen molar-refractivity contribution in [2.75, 3.05) is 6.54 Å². The first-order valence-corrected chi connectivity index (χ1v) is 7.57. The van der Waals surface area contributed by atoms with Crippen LogP contribution < -0.4 is 5.32 Å². The molecule has 0 fully saturated rings. The van der Waals surface area contributed by atoms with Crippen LogP contribution in [-0.2, 0) is 0 Å². The van der Waals surface area contributed by atoms with E-state index in [2.05, 4.69) is 62.3 Å². The lowest BCUT2D eigenvalue weighted by atomic mass is 9.85. The van der Waals surface area contributed by atoms with Gasteiger partial charge in [0.2, 0.25) is 0 Å². The van der Waals surface area contributed by atoms with Gasteiger partial charge in [-0.3, -0.25) is 4.98 Å². The van der Waals surface area contributed by atoms with Gasteiger partial charge in [0.25, 0.3) is 0 Å². The molecule has 0 amide bonds. The molecule has 1 atom stereocenters. The molecular formula is C18H26N2. The number of fused-ring (bicyclic) bond motifs is 1. The zero-order chi connectivity index (χ0) is 14.6. The third kappa shape index (κ3) is 4.04. The van der Waals surface area contributed by atoms with Crippen molar-refractivity contribution < 1.29 is 0 Å². The first-order chi connectivity index (χ1) is 9.49. The maximum absolute atomic E-state index is 4.60. The SMILES string of the molecule is CCCNC(CC(C)(C)C)c1cnc2ccccc2c1. The summed E-state index contributed by atoms with van der Waals surface area (Å²) < 4.78 is 0. The number of nitrogens with one attached hydrogen (secondary N) is 1.